The maximum Gasteiger partial charge on any atom is 0.332 e. The van der Waals surface area contributed by atoms with Crippen LogP contribution in [0.4, 0.5) is 8.78 Å². The van der Waals surface area contributed by atoms with Crippen molar-refractivity contribution in [2.45, 2.75) is 25.4 Å². The second kappa shape index (κ2) is 8.07. The Bertz CT molecular complexity index is 1560. The number of hydrogen-bond donors (Lipinski definition) is 1. The van der Waals surface area contributed by atoms with Gasteiger partial charge in [-0.05, 0) is 36.2 Å². The summed E-state index contributed by atoms with van der Waals surface area (Å²) in [4.78, 5) is 30.4. The molecule has 0 saturated carbocycles. The van der Waals surface area contributed by atoms with Crippen LogP contribution in [0.25, 0.3) is 11.2 Å². The Morgan fingerprint density at radius 2 is 1.94 bits per heavy atom. The lowest BCUT2D eigenvalue weighted by molar-refractivity contribution is 0.0403. The Kier molecular flexibility index (Phi) is 5.29. The van der Waals surface area contributed by atoms with Gasteiger partial charge < -0.3 is 9.84 Å². The van der Waals surface area contributed by atoms with Crippen LogP contribution in [-0.4, -0.2) is 30.4 Å². The van der Waals surface area contributed by atoms with Crippen LogP contribution >= 0.6 is 11.6 Å². The van der Waals surface area contributed by atoms with Gasteiger partial charge >= 0.3 is 17.6 Å². The number of halogens is 3. The van der Waals surface area contributed by atoms with Gasteiger partial charge in [-0.3, -0.25) is 18.5 Å². The van der Waals surface area contributed by atoms with Crippen molar-refractivity contribution in [2.75, 3.05) is 6.61 Å². The number of fused-ring (bicyclic) bond motifs is 6. The van der Waals surface area contributed by atoms with Crippen LogP contribution in [0.1, 0.15) is 23.1 Å². The zero-order chi connectivity index (χ0) is 24.2. The molecule has 1 N–H and O–H groups in total. The fourth-order valence-corrected chi connectivity index (χ4v) is 4.39. The average Bonchev–Trinajstić information content (AvgIpc) is 3.16. The molecule has 4 aromatic rings. The molecular weight excluding hydrogens is 470 g/mol. The fourth-order valence-electron chi connectivity index (χ4n) is 4.15. The minimum atomic E-state index is -3.46. The largest absolute Gasteiger partial charge is 0.425 e. The number of benzene rings is 2. The summed E-state index contributed by atoms with van der Waals surface area (Å²) in [5.41, 5.74) is -1.44. The molecule has 2 bridgehead atoms. The van der Waals surface area contributed by atoms with Gasteiger partial charge in [0.05, 0.1) is 17.1 Å². The van der Waals surface area contributed by atoms with E-state index in [4.69, 9.17) is 16.3 Å². The van der Waals surface area contributed by atoms with Crippen LogP contribution in [0.3, 0.4) is 0 Å². The number of hydrogen-bond acceptors (Lipinski definition) is 5. The van der Waals surface area contributed by atoms with Crippen LogP contribution in [0.5, 0.6) is 11.8 Å². The summed E-state index contributed by atoms with van der Waals surface area (Å²) < 4.78 is 40.7. The van der Waals surface area contributed by atoms with Gasteiger partial charge in [0.15, 0.2) is 11.2 Å². The Labute approximate surface area is 196 Å². The van der Waals surface area contributed by atoms with Crippen LogP contribution in [0, 0.1) is 0 Å². The van der Waals surface area contributed by atoms with E-state index in [9.17, 15) is 14.7 Å². The lowest BCUT2D eigenvalue weighted by atomic mass is 9.97. The lowest BCUT2D eigenvalue weighted by Crippen LogP contribution is -2.39. The van der Waals surface area contributed by atoms with Gasteiger partial charge in [0, 0.05) is 25.8 Å². The quantitative estimate of drug-likeness (QED) is 0.478. The summed E-state index contributed by atoms with van der Waals surface area (Å²) in [6.07, 6.45) is 0.209. The molecule has 2 aromatic heterocycles. The third-order valence-electron chi connectivity index (χ3n) is 5.87. The van der Waals surface area contributed by atoms with E-state index in [2.05, 4.69) is 4.98 Å². The summed E-state index contributed by atoms with van der Waals surface area (Å²) in [5, 5.41) is 9.07. The number of nitrogens with zero attached hydrogens (tertiary/aromatic N) is 4. The van der Waals surface area contributed by atoms with E-state index in [1.54, 1.807) is 12.1 Å². The highest BCUT2D eigenvalue weighted by atomic mass is 35.5. The first-order valence-corrected chi connectivity index (χ1v) is 10.9. The molecule has 3 heterocycles. The van der Waals surface area contributed by atoms with Crippen molar-refractivity contribution in [1.29, 1.82) is 0 Å². The van der Waals surface area contributed by atoms with E-state index in [0.717, 1.165) is 4.57 Å². The highest BCUT2D eigenvalue weighted by Gasteiger charge is 2.40. The van der Waals surface area contributed by atoms with Gasteiger partial charge in [-0.2, -0.15) is 13.8 Å². The zero-order valence-corrected chi connectivity index (χ0v) is 18.7. The minimum absolute atomic E-state index is 0.0134. The Hall–Kier alpha value is -3.50. The first-order valence-electron chi connectivity index (χ1n) is 10.5. The third-order valence-corrected chi connectivity index (χ3v) is 6.20. The Morgan fingerprint density at radius 3 is 2.71 bits per heavy atom. The van der Waals surface area contributed by atoms with Gasteiger partial charge in [0.1, 0.15) is 5.75 Å². The molecule has 2 aromatic carbocycles. The molecule has 0 amide bonds. The van der Waals surface area contributed by atoms with Crippen LogP contribution in [0.15, 0.2) is 52.1 Å². The van der Waals surface area contributed by atoms with Gasteiger partial charge in [-0.1, -0.05) is 29.8 Å². The second-order valence-electron chi connectivity index (χ2n) is 8.02. The van der Waals surface area contributed by atoms with E-state index >= 15 is 8.78 Å². The standard InChI is InChI=1S/C23H19ClF2N4O4/c1-28-19-18(20(32)29(22(28)33)9-4-10-31)30-12-13-7-8-16(24)15(11-13)23(25,26)14-5-2-3-6-17(14)34-21(30)27-19/h2-3,5-8,11,31H,4,9-10,12H2,1H3. The molecule has 5 rings (SSSR count). The number of aromatic nitrogens is 4. The first kappa shape index (κ1) is 22.3. The van der Waals surface area contributed by atoms with Crippen molar-refractivity contribution in [2.24, 2.45) is 7.05 Å². The number of alkyl halides is 2. The highest BCUT2D eigenvalue weighted by Crippen LogP contribution is 2.45. The summed E-state index contributed by atoms with van der Waals surface area (Å²) in [5.74, 6) is -3.61. The molecule has 0 aliphatic carbocycles. The maximum absolute atomic E-state index is 15.6. The van der Waals surface area contributed by atoms with E-state index in [1.165, 1.54) is 46.5 Å². The summed E-state index contributed by atoms with van der Waals surface area (Å²) in [6.45, 7) is -0.207. The predicted molar refractivity (Wildman–Crippen MR) is 121 cm³/mol. The monoisotopic (exact) mass is 488 g/mol. The molecule has 1 aliphatic heterocycles. The van der Waals surface area contributed by atoms with E-state index in [1.807, 2.05) is 0 Å². The van der Waals surface area contributed by atoms with Crippen molar-refractivity contribution in [3.05, 3.63) is 85.0 Å². The van der Waals surface area contributed by atoms with Crippen LogP contribution in [-0.2, 0) is 26.1 Å². The maximum atomic E-state index is 15.6. The molecule has 0 unspecified atom stereocenters. The number of ether oxygens (including phenoxy) is 1. The molecule has 8 nitrogen and oxygen atoms in total. The van der Waals surface area contributed by atoms with Gasteiger partial charge in [0.2, 0.25) is 0 Å². The van der Waals surface area contributed by atoms with E-state index in [-0.39, 0.29) is 59.6 Å². The van der Waals surface area contributed by atoms with E-state index in [0.29, 0.717) is 5.56 Å². The predicted octanol–water partition coefficient (Wildman–Crippen LogP) is 3.23. The zero-order valence-electron chi connectivity index (χ0n) is 18.0. The van der Waals surface area contributed by atoms with Crippen molar-refractivity contribution < 1.29 is 18.6 Å². The summed E-state index contributed by atoms with van der Waals surface area (Å²) >= 11 is 6.16. The van der Waals surface area contributed by atoms with Crippen LogP contribution in [0.2, 0.25) is 5.02 Å². The fraction of sp³-hybridized carbons (Fsp3) is 0.261. The first-order chi connectivity index (χ1) is 16.2. The van der Waals surface area contributed by atoms with Gasteiger partial charge in [-0.25, -0.2) is 4.79 Å². The number of imidazole rings is 1. The summed E-state index contributed by atoms with van der Waals surface area (Å²) in [6, 6.07) is 9.79. The summed E-state index contributed by atoms with van der Waals surface area (Å²) in [7, 11) is 1.46. The number of para-hydroxylation sites is 1. The van der Waals surface area contributed by atoms with Gasteiger partial charge in [0.25, 0.3) is 5.56 Å². The molecule has 0 saturated heterocycles. The van der Waals surface area contributed by atoms with Crippen molar-refractivity contribution in [3.8, 4) is 11.8 Å². The molecule has 0 fully saturated rings. The number of aryl methyl sites for hydroxylation is 1. The topological polar surface area (TPSA) is 91.3 Å². The Morgan fingerprint density at radius 1 is 1.18 bits per heavy atom. The number of aliphatic hydroxyl groups is 1. The molecule has 34 heavy (non-hydrogen) atoms. The van der Waals surface area contributed by atoms with E-state index < -0.39 is 22.7 Å². The van der Waals surface area contributed by atoms with Crippen molar-refractivity contribution in [1.82, 2.24) is 18.7 Å². The SMILES string of the molecule is Cn1c(=O)n(CCCO)c(=O)c2c1nc1n2Cc2ccc(Cl)c(c2)C(F)(F)c2ccccc2O1. The van der Waals surface area contributed by atoms with Gasteiger partial charge in [-0.15, -0.1) is 0 Å². The van der Waals surface area contributed by atoms with Crippen molar-refractivity contribution >= 4 is 22.8 Å². The molecule has 0 spiro atoms. The van der Waals surface area contributed by atoms with Crippen molar-refractivity contribution in [3.63, 3.8) is 0 Å². The highest BCUT2D eigenvalue weighted by molar-refractivity contribution is 6.31. The second-order valence-corrected chi connectivity index (χ2v) is 8.42. The smallest absolute Gasteiger partial charge is 0.332 e. The molecular formula is C23H19ClF2N4O4. The molecule has 1 aliphatic rings. The number of rotatable bonds is 3. The number of aliphatic hydroxyl groups excluding tert-OH is 1. The Balaban J connectivity index is 1.85. The third kappa shape index (κ3) is 3.33. The molecule has 0 radical (unpaired) electrons. The normalized spacial score (nSPS) is 14.4. The minimum Gasteiger partial charge on any atom is -0.425 e. The molecule has 176 valence electrons. The average molecular weight is 489 g/mol. The lowest BCUT2D eigenvalue weighted by Gasteiger charge is -2.23. The van der Waals surface area contributed by atoms with Crippen LogP contribution < -0.4 is 16.0 Å². The molecule has 11 heteroatoms. The molecule has 0 atom stereocenters.